The molecule has 180 valence electrons. The van der Waals surface area contributed by atoms with E-state index in [9.17, 15) is 13.2 Å². The van der Waals surface area contributed by atoms with Crippen LogP contribution in [-0.2, 0) is 23.0 Å². The number of aromatic nitrogens is 4. The number of sulfonamides is 1. The second-order valence-electron chi connectivity index (χ2n) is 8.54. The fraction of sp³-hybridized carbons (Fsp3) is 0.429. The lowest BCUT2D eigenvalue weighted by atomic mass is 10.1. The lowest BCUT2D eigenvalue weighted by molar-refractivity contribution is 0.102. The molecule has 2 aliphatic heterocycles. The van der Waals surface area contributed by atoms with Crippen molar-refractivity contribution in [1.82, 2.24) is 24.9 Å². The van der Waals surface area contributed by atoms with Crippen molar-refractivity contribution in [2.45, 2.75) is 31.8 Å². The maximum absolute atomic E-state index is 13.0. The number of rotatable bonds is 6. The van der Waals surface area contributed by atoms with E-state index in [4.69, 9.17) is 0 Å². The van der Waals surface area contributed by atoms with E-state index in [1.807, 2.05) is 12.3 Å². The summed E-state index contributed by atoms with van der Waals surface area (Å²) >= 11 is 1.45. The van der Waals surface area contributed by atoms with E-state index in [1.165, 1.54) is 17.6 Å². The van der Waals surface area contributed by atoms with Crippen molar-refractivity contribution in [3.05, 3.63) is 46.9 Å². The van der Waals surface area contributed by atoms with Crippen molar-refractivity contribution >= 4 is 43.9 Å². The van der Waals surface area contributed by atoms with Crippen LogP contribution < -0.4 is 19.8 Å². The van der Waals surface area contributed by atoms with Crippen LogP contribution in [0.5, 0.6) is 0 Å². The van der Waals surface area contributed by atoms with E-state index in [0.717, 1.165) is 35.9 Å². The lowest BCUT2D eigenvalue weighted by Gasteiger charge is -2.33. The van der Waals surface area contributed by atoms with Gasteiger partial charge in [0.15, 0.2) is 10.9 Å². The summed E-state index contributed by atoms with van der Waals surface area (Å²) in [5.74, 6) is 0.388. The number of carbonyl (C=O) groups is 1. The van der Waals surface area contributed by atoms with Crippen molar-refractivity contribution < 1.29 is 13.2 Å². The largest absolute Gasteiger partial charge is 0.355 e. The van der Waals surface area contributed by atoms with E-state index >= 15 is 0 Å². The van der Waals surface area contributed by atoms with Gasteiger partial charge >= 0.3 is 0 Å². The van der Waals surface area contributed by atoms with Gasteiger partial charge in [0, 0.05) is 61.5 Å². The quantitative estimate of drug-likeness (QED) is 0.462. The standard InChI is InChI=1S/C21H26N8O3S2/c1-34(31,32)27-15-4-8-28(9-5-15)19-17(3-2-7-22-19)24-20(30)18-13-33-21(25-18)29-10-6-16-14(12-29)11-23-26-16/h2-3,7,11,13,15,27H,4-6,8-10,12H2,1H3,(H,23,26)(H,24,30). The van der Waals surface area contributed by atoms with Crippen LogP contribution in [0, 0.1) is 0 Å². The van der Waals surface area contributed by atoms with Crippen LogP contribution in [0.15, 0.2) is 29.9 Å². The highest BCUT2D eigenvalue weighted by atomic mass is 32.2. The number of pyridine rings is 1. The third-order valence-corrected chi connectivity index (χ3v) is 7.67. The molecule has 3 N–H and O–H groups in total. The number of nitrogens with one attached hydrogen (secondary N) is 3. The first-order valence-corrected chi connectivity index (χ1v) is 13.8. The Balaban J connectivity index is 1.24. The zero-order chi connectivity index (χ0) is 23.7. The Bertz CT molecular complexity index is 1280. The van der Waals surface area contributed by atoms with Crippen LogP contribution in [0.3, 0.4) is 0 Å². The highest BCUT2D eigenvalue weighted by molar-refractivity contribution is 7.88. The van der Waals surface area contributed by atoms with Crippen LogP contribution in [0.1, 0.15) is 34.6 Å². The smallest absolute Gasteiger partial charge is 0.275 e. The second-order valence-corrected chi connectivity index (χ2v) is 11.2. The molecule has 5 heterocycles. The number of piperidine rings is 1. The number of hydrogen-bond acceptors (Lipinski definition) is 9. The number of fused-ring (bicyclic) bond motifs is 1. The molecule has 0 radical (unpaired) electrons. The molecule has 5 rings (SSSR count). The Morgan fingerprint density at radius 2 is 2.06 bits per heavy atom. The van der Waals surface area contributed by atoms with Gasteiger partial charge in [0.05, 0.1) is 18.1 Å². The number of amides is 1. The van der Waals surface area contributed by atoms with Crippen molar-refractivity contribution in [3.63, 3.8) is 0 Å². The maximum Gasteiger partial charge on any atom is 0.275 e. The maximum atomic E-state index is 13.0. The summed E-state index contributed by atoms with van der Waals surface area (Å²) in [6.07, 6.45) is 6.91. The topological polar surface area (TPSA) is 136 Å². The fourth-order valence-corrected chi connectivity index (χ4v) is 6.02. The van der Waals surface area contributed by atoms with Crippen LogP contribution in [0.2, 0.25) is 0 Å². The summed E-state index contributed by atoms with van der Waals surface area (Å²) in [5, 5.41) is 12.7. The molecule has 3 aromatic rings. The Morgan fingerprint density at radius 3 is 2.85 bits per heavy atom. The average Bonchev–Trinajstić information content (AvgIpc) is 3.48. The van der Waals surface area contributed by atoms with Crippen molar-refractivity contribution in [3.8, 4) is 0 Å². The van der Waals surface area contributed by atoms with Gasteiger partial charge in [-0.2, -0.15) is 5.10 Å². The summed E-state index contributed by atoms with van der Waals surface area (Å²) in [5.41, 5.74) is 3.29. The molecular weight excluding hydrogens is 476 g/mol. The number of hydrogen-bond donors (Lipinski definition) is 3. The van der Waals surface area contributed by atoms with Gasteiger partial charge in [-0.3, -0.25) is 9.89 Å². The molecule has 0 bridgehead atoms. The van der Waals surface area contributed by atoms with E-state index < -0.39 is 10.0 Å². The molecule has 34 heavy (non-hydrogen) atoms. The van der Waals surface area contributed by atoms with Gasteiger partial charge in [-0.05, 0) is 25.0 Å². The average molecular weight is 503 g/mol. The van der Waals surface area contributed by atoms with Crippen LogP contribution in [0.25, 0.3) is 0 Å². The molecule has 1 amide bonds. The number of nitrogens with zero attached hydrogens (tertiary/aromatic N) is 5. The van der Waals surface area contributed by atoms with Crippen molar-refractivity contribution in [2.24, 2.45) is 0 Å². The van der Waals surface area contributed by atoms with Gasteiger partial charge in [0.25, 0.3) is 5.91 Å². The van der Waals surface area contributed by atoms with Crippen LogP contribution in [-0.4, -0.2) is 66.4 Å². The number of H-pyrrole nitrogens is 1. The van der Waals surface area contributed by atoms with Gasteiger partial charge in [-0.1, -0.05) is 0 Å². The minimum Gasteiger partial charge on any atom is -0.355 e. The van der Waals surface area contributed by atoms with Crippen molar-refractivity contribution in [2.75, 3.05) is 41.0 Å². The first-order chi connectivity index (χ1) is 16.4. The summed E-state index contributed by atoms with van der Waals surface area (Å²) < 4.78 is 25.7. The molecule has 0 aromatic carbocycles. The summed E-state index contributed by atoms with van der Waals surface area (Å²) in [6.45, 7) is 2.82. The molecule has 0 atom stereocenters. The third-order valence-electron chi connectivity index (χ3n) is 6.01. The first-order valence-electron chi connectivity index (χ1n) is 11.1. The molecule has 11 nitrogen and oxygen atoms in total. The molecule has 1 fully saturated rings. The monoisotopic (exact) mass is 502 g/mol. The molecule has 0 saturated carbocycles. The molecule has 3 aromatic heterocycles. The highest BCUT2D eigenvalue weighted by Gasteiger charge is 2.25. The zero-order valence-corrected chi connectivity index (χ0v) is 20.3. The molecule has 0 unspecified atom stereocenters. The Kier molecular flexibility index (Phi) is 6.23. The first kappa shape index (κ1) is 22.7. The predicted octanol–water partition coefficient (Wildman–Crippen LogP) is 1.59. The minimum atomic E-state index is -3.23. The normalized spacial score (nSPS) is 17.0. The molecule has 13 heteroatoms. The SMILES string of the molecule is CS(=O)(=O)NC1CCN(c2ncccc2NC(=O)c2csc(N3CCc4[nH]ncc4C3)n2)CC1. The third kappa shape index (κ3) is 5.05. The second kappa shape index (κ2) is 9.31. The number of aromatic amines is 1. The van der Waals surface area contributed by atoms with Crippen LogP contribution in [0.4, 0.5) is 16.6 Å². The Morgan fingerprint density at radius 1 is 1.24 bits per heavy atom. The lowest BCUT2D eigenvalue weighted by Crippen LogP contribution is -2.44. The molecule has 0 aliphatic carbocycles. The van der Waals surface area contributed by atoms with Gasteiger partial charge in [0.2, 0.25) is 10.0 Å². The molecule has 2 aliphatic rings. The highest BCUT2D eigenvalue weighted by Crippen LogP contribution is 2.29. The van der Waals surface area contributed by atoms with E-state index in [2.05, 4.69) is 40.0 Å². The van der Waals surface area contributed by atoms with E-state index in [-0.39, 0.29) is 11.9 Å². The van der Waals surface area contributed by atoms with Crippen molar-refractivity contribution in [1.29, 1.82) is 0 Å². The number of anilines is 3. The van der Waals surface area contributed by atoms with Gasteiger partial charge in [0.1, 0.15) is 5.69 Å². The summed E-state index contributed by atoms with van der Waals surface area (Å²) in [7, 11) is -3.23. The van der Waals surface area contributed by atoms with Gasteiger partial charge in [-0.15, -0.1) is 11.3 Å². The fourth-order valence-electron chi connectivity index (χ4n) is 4.34. The van der Waals surface area contributed by atoms with Gasteiger partial charge in [-0.25, -0.2) is 23.1 Å². The van der Waals surface area contributed by atoms with Crippen LogP contribution >= 0.6 is 11.3 Å². The Labute approximate surface area is 201 Å². The number of thiazole rings is 1. The van der Waals surface area contributed by atoms with E-state index in [1.54, 1.807) is 17.6 Å². The van der Waals surface area contributed by atoms with E-state index in [0.29, 0.717) is 43.1 Å². The minimum absolute atomic E-state index is 0.0886. The summed E-state index contributed by atoms with van der Waals surface area (Å²) in [6, 6.07) is 3.51. The zero-order valence-electron chi connectivity index (χ0n) is 18.7. The predicted molar refractivity (Wildman–Crippen MR) is 131 cm³/mol. The number of carbonyl (C=O) groups excluding carboxylic acids is 1. The molecular formula is C21H26N8O3S2. The van der Waals surface area contributed by atoms with Gasteiger partial charge < -0.3 is 15.1 Å². The summed E-state index contributed by atoms with van der Waals surface area (Å²) in [4.78, 5) is 26.3. The molecule has 0 spiro atoms. The molecule has 1 saturated heterocycles. The Hall–Kier alpha value is -3.03.